The highest BCUT2D eigenvalue weighted by Gasteiger charge is 2.12. The van der Waals surface area contributed by atoms with E-state index in [0.29, 0.717) is 23.6 Å². The van der Waals surface area contributed by atoms with E-state index in [1.54, 1.807) is 6.92 Å². The largest absolute Gasteiger partial charge is 0.339 e. The lowest BCUT2D eigenvalue weighted by molar-refractivity contribution is 0.394. The van der Waals surface area contributed by atoms with Crippen molar-refractivity contribution >= 4 is 0 Å². The highest BCUT2D eigenvalue weighted by molar-refractivity contribution is 5.55. The molecule has 1 aromatic carbocycles. The predicted octanol–water partition coefficient (Wildman–Crippen LogP) is 4.83. The minimum atomic E-state index is 0.531. The third kappa shape index (κ3) is 3.91. The molecule has 0 amide bonds. The molecule has 0 aliphatic carbocycles. The molecule has 0 spiro atoms. The van der Waals surface area contributed by atoms with Crippen LogP contribution < -0.4 is 0 Å². The fourth-order valence-corrected chi connectivity index (χ4v) is 1.76. The van der Waals surface area contributed by atoms with Crippen molar-refractivity contribution < 1.29 is 4.52 Å². The van der Waals surface area contributed by atoms with Gasteiger partial charge in [0.25, 0.3) is 0 Å². The van der Waals surface area contributed by atoms with Crippen LogP contribution in [0.2, 0.25) is 0 Å². The molecule has 2 aromatic rings. The van der Waals surface area contributed by atoms with Crippen molar-refractivity contribution in [2.75, 3.05) is 0 Å². The van der Waals surface area contributed by atoms with Crippen molar-refractivity contribution in [2.24, 2.45) is 5.92 Å². The van der Waals surface area contributed by atoms with Gasteiger partial charge >= 0.3 is 0 Å². The molecule has 0 radical (unpaired) electrons. The minimum absolute atomic E-state index is 0.531. The standard InChI is InChI=1S/C14H18N2O.C2H6/c1-9(2)10(3)12-6-5-7-13(8-12)14-15-11(4)17-16-14;1-2/h5-10H,1-4H3;1-2H3. The molecule has 2 rings (SSSR count). The summed E-state index contributed by atoms with van der Waals surface area (Å²) in [6.07, 6.45) is 0. The van der Waals surface area contributed by atoms with E-state index in [1.165, 1.54) is 5.56 Å². The Labute approximate surface area is 116 Å². The molecule has 19 heavy (non-hydrogen) atoms. The normalized spacial score (nSPS) is 11.9. The molecule has 0 saturated heterocycles. The maximum Gasteiger partial charge on any atom is 0.223 e. The van der Waals surface area contributed by atoms with E-state index in [-0.39, 0.29) is 0 Å². The Morgan fingerprint density at radius 2 is 1.79 bits per heavy atom. The van der Waals surface area contributed by atoms with E-state index < -0.39 is 0 Å². The van der Waals surface area contributed by atoms with E-state index >= 15 is 0 Å². The van der Waals surface area contributed by atoms with Crippen molar-refractivity contribution in [3.8, 4) is 11.4 Å². The van der Waals surface area contributed by atoms with Gasteiger partial charge in [0.2, 0.25) is 11.7 Å². The van der Waals surface area contributed by atoms with Crippen molar-refractivity contribution in [1.82, 2.24) is 10.1 Å². The molecule has 0 saturated carbocycles. The molecule has 0 fully saturated rings. The Hall–Kier alpha value is -1.64. The van der Waals surface area contributed by atoms with Crippen LogP contribution in [0, 0.1) is 12.8 Å². The molecule has 1 atom stereocenters. The van der Waals surface area contributed by atoms with Crippen molar-refractivity contribution in [2.45, 2.75) is 47.5 Å². The summed E-state index contributed by atoms with van der Waals surface area (Å²) < 4.78 is 5.01. The molecule has 0 aliphatic rings. The molecule has 3 nitrogen and oxygen atoms in total. The fourth-order valence-electron chi connectivity index (χ4n) is 1.76. The summed E-state index contributed by atoms with van der Waals surface area (Å²) in [7, 11) is 0. The second kappa shape index (κ2) is 7.07. The molecule has 3 heteroatoms. The van der Waals surface area contributed by atoms with Gasteiger partial charge in [0, 0.05) is 12.5 Å². The predicted molar refractivity (Wildman–Crippen MR) is 79.1 cm³/mol. The first-order valence-corrected chi connectivity index (χ1v) is 6.98. The summed E-state index contributed by atoms with van der Waals surface area (Å²) in [5.74, 6) is 2.42. The SMILES string of the molecule is CC.Cc1nc(-c2cccc(C(C)C(C)C)c2)no1. The highest BCUT2D eigenvalue weighted by Crippen LogP contribution is 2.26. The topological polar surface area (TPSA) is 38.9 Å². The summed E-state index contributed by atoms with van der Waals surface area (Å²) in [6.45, 7) is 12.5. The summed E-state index contributed by atoms with van der Waals surface area (Å²) in [6, 6.07) is 8.37. The average molecular weight is 260 g/mol. The van der Waals surface area contributed by atoms with Gasteiger partial charge in [-0.05, 0) is 23.5 Å². The minimum Gasteiger partial charge on any atom is -0.339 e. The van der Waals surface area contributed by atoms with Gasteiger partial charge in [-0.2, -0.15) is 4.98 Å². The van der Waals surface area contributed by atoms with Gasteiger partial charge in [0.15, 0.2) is 0 Å². The summed E-state index contributed by atoms with van der Waals surface area (Å²) in [5, 5.41) is 3.95. The monoisotopic (exact) mass is 260 g/mol. The molecule has 1 unspecified atom stereocenters. The number of benzene rings is 1. The maximum atomic E-state index is 5.01. The zero-order valence-electron chi connectivity index (χ0n) is 12.8. The zero-order valence-corrected chi connectivity index (χ0v) is 12.8. The lowest BCUT2D eigenvalue weighted by Gasteiger charge is -2.16. The van der Waals surface area contributed by atoms with Crippen LogP contribution in [-0.4, -0.2) is 10.1 Å². The Kier molecular flexibility index (Phi) is 5.74. The lowest BCUT2D eigenvalue weighted by Crippen LogP contribution is -2.01. The summed E-state index contributed by atoms with van der Waals surface area (Å²) in [4.78, 5) is 4.25. The number of hydrogen-bond donors (Lipinski definition) is 0. The average Bonchev–Trinajstić information content (AvgIpc) is 2.87. The number of aryl methyl sites for hydroxylation is 1. The first-order valence-electron chi connectivity index (χ1n) is 6.98. The van der Waals surface area contributed by atoms with Crippen LogP contribution in [-0.2, 0) is 0 Å². The van der Waals surface area contributed by atoms with E-state index in [2.05, 4.69) is 49.1 Å². The fraction of sp³-hybridized carbons (Fsp3) is 0.500. The maximum absolute atomic E-state index is 5.01. The van der Waals surface area contributed by atoms with Crippen LogP contribution >= 0.6 is 0 Å². The second-order valence-electron chi connectivity index (χ2n) is 4.80. The molecule has 0 bridgehead atoms. The van der Waals surface area contributed by atoms with Crippen LogP contribution in [0.4, 0.5) is 0 Å². The van der Waals surface area contributed by atoms with E-state index in [4.69, 9.17) is 4.52 Å². The quantitative estimate of drug-likeness (QED) is 0.793. The van der Waals surface area contributed by atoms with E-state index in [1.807, 2.05) is 19.9 Å². The Morgan fingerprint density at radius 3 is 2.32 bits per heavy atom. The number of hydrogen-bond acceptors (Lipinski definition) is 3. The second-order valence-corrected chi connectivity index (χ2v) is 4.80. The number of aromatic nitrogens is 2. The number of rotatable bonds is 3. The van der Waals surface area contributed by atoms with Gasteiger partial charge < -0.3 is 4.52 Å². The summed E-state index contributed by atoms with van der Waals surface area (Å²) >= 11 is 0. The molecule has 1 heterocycles. The zero-order chi connectivity index (χ0) is 14.4. The van der Waals surface area contributed by atoms with Gasteiger partial charge in [-0.1, -0.05) is 58.0 Å². The van der Waals surface area contributed by atoms with Gasteiger partial charge in [0.1, 0.15) is 0 Å². The van der Waals surface area contributed by atoms with Crippen LogP contribution in [0.1, 0.15) is 52.0 Å². The van der Waals surface area contributed by atoms with Crippen molar-refractivity contribution in [3.63, 3.8) is 0 Å². The molecular weight excluding hydrogens is 236 g/mol. The lowest BCUT2D eigenvalue weighted by atomic mass is 9.89. The van der Waals surface area contributed by atoms with Crippen molar-refractivity contribution in [1.29, 1.82) is 0 Å². The van der Waals surface area contributed by atoms with Gasteiger partial charge in [-0.15, -0.1) is 0 Å². The molecular formula is C16H24N2O. The highest BCUT2D eigenvalue weighted by atomic mass is 16.5. The Morgan fingerprint density at radius 1 is 1.11 bits per heavy atom. The third-order valence-corrected chi connectivity index (χ3v) is 3.20. The summed E-state index contributed by atoms with van der Waals surface area (Å²) in [5.41, 5.74) is 2.34. The third-order valence-electron chi connectivity index (χ3n) is 3.20. The van der Waals surface area contributed by atoms with Crippen LogP contribution in [0.5, 0.6) is 0 Å². The Bertz CT molecular complexity index is 503. The van der Waals surface area contributed by atoms with Crippen LogP contribution in [0.15, 0.2) is 28.8 Å². The molecule has 1 aromatic heterocycles. The van der Waals surface area contributed by atoms with Gasteiger partial charge in [0.05, 0.1) is 0 Å². The van der Waals surface area contributed by atoms with Crippen LogP contribution in [0.25, 0.3) is 11.4 Å². The molecule has 0 aliphatic heterocycles. The molecule has 104 valence electrons. The van der Waals surface area contributed by atoms with E-state index in [0.717, 1.165) is 5.56 Å². The molecule has 0 N–H and O–H groups in total. The first-order chi connectivity index (χ1) is 9.08. The van der Waals surface area contributed by atoms with Gasteiger partial charge in [-0.3, -0.25) is 0 Å². The Balaban J connectivity index is 0.000000861. The van der Waals surface area contributed by atoms with Crippen LogP contribution in [0.3, 0.4) is 0 Å². The first kappa shape index (κ1) is 15.4. The number of nitrogens with zero attached hydrogens (tertiary/aromatic N) is 2. The van der Waals surface area contributed by atoms with Gasteiger partial charge in [-0.25, -0.2) is 0 Å². The smallest absolute Gasteiger partial charge is 0.223 e. The van der Waals surface area contributed by atoms with Crippen molar-refractivity contribution in [3.05, 3.63) is 35.7 Å². The van der Waals surface area contributed by atoms with E-state index in [9.17, 15) is 0 Å².